The molecule has 3 unspecified atom stereocenters. The standard InChI is InChI=1S/C12H23NO3/c1-5-6-7-12(4)8(9(14)15)13-11(2,3)10(12)16/h8,10,13,16H,5-7H2,1-4H3,(H,14,15). The molecular formula is C12H23NO3. The molecule has 4 nitrogen and oxygen atoms in total. The first-order chi connectivity index (χ1) is 7.25. The van der Waals surface area contributed by atoms with Crippen molar-refractivity contribution in [2.24, 2.45) is 5.41 Å². The van der Waals surface area contributed by atoms with Gasteiger partial charge in [-0.1, -0.05) is 26.7 Å². The molecule has 94 valence electrons. The van der Waals surface area contributed by atoms with Crippen molar-refractivity contribution in [3.05, 3.63) is 0 Å². The minimum Gasteiger partial charge on any atom is -0.480 e. The molecule has 1 fully saturated rings. The van der Waals surface area contributed by atoms with Crippen LogP contribution in [0.3, 0.4) is 0 Å². The molecule has 0 bridgehead atoms. The van der Waals surface area contributed by atoms with Gasteiger partial charge in [-0.25, -0.2) is 0 Å². The maximum atomic E-state index is 11.2. The van der Waals surface area contributed by atoms with E-state index in [4.69, 9.17) is 0 Å². The molecule has 0 amide bonds. The van der Waals surface area contributed by atoms with E-state index in [-0.39, 0.29) is 0 Å². The molecule has 1 aliphatic heterocycles. The van der Waals surface area contributed by atoms with E-state index in [0.29, 0.717) is 0 Å². The fourth-order valence-electron chi connectivity index (χ4n) is 2.78. The maximum Gasteiger partial charge on any atom is 0.321 e. The highest BCUT2D eigenvalue weighted by Gasteiger charge is 2.57. The second-order valence-electron chi connectivity index (χ2n) is 5.65. The van der Waals surface area contributed by atoms with Gasteiger partial charge in [0.25, 0.3) is 0 Å². The molecule has 3 atom stereocenters. The van der Waals surface area contributed by atoms with E-state index in [9.17, 15) is 15.0 Å². The predicted octanol–water partition coefficient (Wildman–Crippen LogP) is 1.38. The molecule has 16 heavy (non-hydrogen) atoms. The van der Waals surface area contributed by atoms with Crippen LogP contribution in [0.1, 0.15) is 47.0 Å². The Morgan fingerprint density at radius 1 is 1.38 bits per heavy atom. The third-order valence-corrected chi connectivity index (χ3v) is 3.80. The minimum absolute atomic E-state index is 0.536. The monoisotopic (exact) mass is 229 g/mol. The number of carboxylic acid groups (broad SMARTS) is 1. The molecule has 0 spiro atoms. The van der Waals surface area contributed by atoms with Crippen molar-refractivity contribution in [3.8, 4) is 0 Å². The molecule has 1 aliphatic rings. The van der Waals surface area contributed by atoms with Crippen molar-refractivity contribution in [2.75, 3.05) is 0 Å². The highest BCUT2D eigenvalue weighted by Crippen LogP contribution is 2.43. The van der Waals surface area contributed by atoms with Gasteiger partial charge in [-0.2, -0.15) is 0 Å². The van der Waals surface area contributed by atoms with Crippen molar-refractivity contribution < 1.29 is 15.0 Å². The number of rotatable bonds is 4. The number of nitrogens with one attached hydrogen (secondary N) is 1. The topological polar surface area (TPSA) is 69.6 Å². The lowest BCUT2D eigenvalue weighted by molar-refractivity contribution is -0.143. The molecule has 0 aromatic carbocycles. The molecule has 0 saturated carbocycles. The Morgan fingerprint density at radius 2 is 1.94 bits per heavy atom. The summed E-state index contributed by atoms with van der Waals surface area (Å²) >= 11 is 0. The molecule has 0 aromatic rings. The lowest BCUT2D eigenvalue weighted by atomic mass is 9.73. The Kier molecular flexibility index (Phi) is 3.65. The number of carbonyl (C=O) groups is 1. The first-order valence-electron chi connectivity index (χ1n) is 5.94. The van der Waals surface area contributed by atoms with Gasteiger partial charge in [-0.3, -0.25) is 10.1 Å². The average Bonchev–Trinajstić information content (AvgIpc) is 2.37. The van der Waals surface area contributed by atoms with Crippen molar-refractivity contribution in [2.45, 2.75) is 64.6 Å². The number of aliphatic carboxylic acids is 1. The molecule has 4 heteroatoms. The second-order valence-corrected chi connectivity index (χ2v) is 5.65. The van der Waals surface area contributed by atoms with E-state index in [2.05, 4.69) is 12.2 Å². The number of carboxylic acids is 1. The van der Waals surface area contributed by atoms with E-state index in [1.165, 1.54) is 0 Å². The van der Waals surface area contributed by atoms with Crippen LogP contribution < -0.4 is 5.32 Å². The number of hydrogen-bond acceptors (Lipinski definition) is 3. The van der Waals surface area contributed by atoms with E-state index >= 15 is 0 Å². The molecule has 1 saturated heterocycles. The third kappa shape index (κ3) is 2.09. The average molecular weight is 229 g/mol. The summed E-state index contributed by atoms with van der Waals surface area (Å²) in [5.74, 6) is -0.872. The van der Waals surface area contributed by atoms with Gasteiger partial charge >= 0.3 is 5.97 Å². The molecule has 0 aliphatic carbocycles. The quantitative estimate of drug-likeness (QED) is 0.681. The predicted molar refractivity (Wildman–Crippen MR) is 62.3 cm³/mol. The summed E-state index contributed by atoms with van der Waals surface area (Å²) in [5, 5.41) is 22.6. The summed E-state index contributed by atoms with van der Waals surface area (Å²) in [7, 11) is 0. The number of aliphatic hydroxyl groups excluding tert-OH is 1. The van der Waals surface area contributed by atoms with Crippen LogP contribution in [0.2, 0.25) is 0 Å². The first-order valence-corrected chi connectivity index (χ1v) is 5.94. The van der Waals surface area contributed by atoms with Crippen LogP contribution in [0.4, 0.5) is 0 Å². The van der Waals surface area contributed by atoms with Gasteiger partial charge in [0.1, 0.15) is 6.04 Å². The summed E-state index contributed by atoms with van der Waals surface area (Å²) in [5.41, 5.74) is -1.11. The van der Waals surface area contributed by atoms with Gasteiger partial charge in [0.05, 0.1) is 6.10 Å². The summed E-state index contributed by atoms with van der Waals surface area (Å²) in [6, 6.07) is -0.663. The van der Waals surface area contributed by atoms with Gasteiger partial charge in [0.15, 0.2) is 0 Å². The Morgan fingerprint density at radius 3 is 2.38 bits per heavy atom. The Hall–Kier alpha value is -0.610. The molecule has 0 aromatic heterocycles. The number of unbranched alkanes of at least 4 members (excludes halogenated alkanes) is 1. The van der Waals surface area contributed by atoms with Crippen LogP contribution in [0.5, 0.6) is 0 Å². The van der Waals surface area contributed by atoms with Crippen LogP contribution in [-0.2, 0) is 4.79 Å². The fourth-order valence-corrected chi connectivity index (χ4v) is 2.78. The normalized spacial score (nSPS) is 37.6. The van der Waals surface area contributed by atoms with E-state index in [0.717, 1.165) is 19.3 Å². The lowest BCUT2D eigenvalue weighted by Gasteiger charge is -2.33. The summed E-state index contributed by atoms with van der Waals surface area (Å²) in [6.45, 7) is 7.64. The largest absolute Gasteiger partial charge is 0.480 e. The highest BCUT2D eigenvalue weighted by atomic mass is 16.4. The van der Waals surface area contributed by atoms with Gasteiger partial charge in [0, 0.05) is 11.0 Å². The van der Waals surface area contributed by atoms with Crippen LogP contribution in [0.15, 0.2) is 0 Å². The highest BCUT2D eigenvalue weighted by molar-refractivity contribution is 5.75. The molecule has 1 heterocycles. The molecular weight excluding hydrogens is 206 g/mol. The van der Waals surface area contributed by atoms with Crippen molar-refractivity contribution >= 4 is 5.97 Å². The number of hydrogen-bond donors (Lipinski definition) is 3. The zero-order valence-corrected chi connectivity index (χ0v) is 10.6. The summed E-state index contributed by atoms with van der Waals surface area (Å²) in [6.07, 6.45) is 2.05. The van der Waals surface area contributed by atoms with Crippen LogP contribution in [0, 0.1) is 5.41 Å². The second kappa shape index (κ2) is 4.34. The van der Waals surface area contributed by atoms with Crippen molar-refractivity contribution in [1.82, 2.24) is 5.32 Å². The summed E-state index contributed by atoms with van der Waals surface area (Å²) < 4.78 is 0. The smallest absolute Gasteiger partial charge is 0.321 e. The van der Waals surface area contributed by atoms with Gasteiger partial charge < -0.3 is 10.2 Å². The van der Waals surface area contributed by atoms with Crippen LogP contribution in [0.25, 0.3) is 0 Å². The SMILES string of the molecule is CCCCC1(C)C(C(=O)O)NC(C)(C)C1O. The third-order valence-electron chi connectivity index (χ3n) is 3.80. The molecule has 1 rings (SSSR count). The van der Waals surface area contributed by atoms with Gasteiger partial charge in [0.2, 0.25) is 0 Å². The fraction of sp³-hybridized carbons (Fsp3) is 0.917. The zero-order chi connectivity index (χ0) is 12.6. The minimum atomic E-state index is -0.872. The van der Waals surface area contributed by atoms with Crippen LogP contribution >= 0.6 is 0 Å². The van der Waals surface area contributed by atoms with Crippen molar-refractivity contribution in [3.63, 3.8) is 0 Å². The molecule has 0 radical (unpaired) electrons. The Balaban J connectivity index is 2.96. The maximum absolute atomic E-state index is 11.2. The zero-order valence-electron chi connectivity index (χ0n) is 10.6. The van der Waals surface area contributed by atoms with E-state index < -0.39 is 29.1 Å². The van der Waals surface area contributed by atoms with Crippen LogP contribution in [-0.4, -0.2) is 33.9 Å². The number of aliphatic hydroxyl groups is 1. The lowest BCUT2D eigenvalue weighted by Crippen LogP contribution is -2.45. The Labute approximate surface area is 97.0 Å². The summed E-state index contributed by atoms with van der Waals surface area (Å²) in [4.78, 5) is 11.2. The molecule has 3 N–H and O–H groups in total. The Bertz CT molecular complexity index is 277. The van der Waals surface area contributed by atoms with E-state index in [1.807, 2.05) is 20.8 Å². The van der Waals surface area contributed by atoms with Gasteiger partial charge in [-0.15, -0.1) is 0 Å². The van der Waals surface area contributed by atoms with Gasteiger partial charge in [-0.05, 0) is 20.3 Å². The van der Waals surface area contributed by atoms with Crippen molar-refractivity contribution in [1.29, 1.82) is 0 Å². The first kappa shape index (κ1) is 13.5. The van der Waals surface area contributed by atoms with E-state index in [1.54, 1.807) is 0 Å².